The lowest BCUT2D eigenvalue weighted by molar-refractivity contribution is -0.153. The minimum atomic E-state index is -1.01. The topological polar surface area (TPSA) is 77.4 Å². The lowest BCUT2D eigenvalue weighted by atomic mass is 10.0. The Kier molecular flexibility index (Phi) is 8.76. The molecule has 0 amide bonds. The summed E-state index contributed by atoms with van der Waals surface area (Å²) >= 11 is 12.0. The SMILES string of the molecule is COc1ccc(CC(OC(C)C)C(=O)O)cc1C=NOCc1ccc(Cl)cc1Cl. The van der Waals surface area contributed by atoms with Gasteiger partial charge in [0.25, 0.3) is 0 Å². The van der Waals surface area contributed by atoms with Gasteiger partial charge in [0.2, 0.25) is 0 Å². The van der Waals surface area contributed by atoms with Crippen LogP contribution in [-0.4, -0.2) is 36.6 Å². The van der Waals surface area contributed by atoms with Gasteiger partial charge in [-0.25, -0.2) is 4.79 Å². The zero-order valence-electron chi connectivity index (χ0n) is 16.4. The highest BCUT2D eigenvalue weighted by Crippen LogP contribution is 2.22. The van der Waals surface area contributed by atoms with Crippen molar-refractivity contribution in [1.29, 1.82) is 0 Å². The Morgan fingerprint density at radius 2 is 1.97 bits per heavy atom. The van der Waals surface area contributed by atoms with Crippen molar-refractivity contribution in [2.45, 2.75) is 39.1 Å². The minimum Gasteiger partial charge on any atom is -0.496 e. The fourth-order valence-corrected chi connectivity index (χ4v) is 3.05. The third-order valence-corrected chi connectivity index (χ3v) is 4.52. The van der Waals surface area contributed by atoms with Crippen LogP contribution in [0.15, 0.2) is 41.6 Å². The Balaban J connectivity index is 2.09. The normalized spacial score (nSPS) is 12.3. The standard InChI is InChI=1S/C21H23Cl2NO5/c1-13(2)29-20(21(25)26)9-14-4-7-19(27-3)16(8-14)11-24-28-12-15-5-6-17(22)10-18(15)23/h4-8,10-11,13,20H,9,12H2,1-3H3,(H,25,26). The largest absolute Gasteiger partial charge is 0.496 e. The quantitative estimate of drug-likeness (QED) is 0.417. The second-order valence-corrected chi connectivity index (χ2v) is 7.38. The minimum absolute atomic E-state index is 0.178. The van der Waals surface area contributed by atoms with Crippen LogP contribution in [0.4, 0.5) is 0 Å². The first-order chi connectivity index (χ1) is 13.8. The molecule has 2 rings (SSSR count). The van der Waals surface area contributed by atoms with Gasteiger partial charge in [0.15, 0.2) is 6.10 Å². The fourth-order valence-electron chi connectivity index (χ4n) is 2.59. The summed E-state index contributed by atoms with van der Waals surface area (Å²) in [5.74, 6) is -0.421. The molecule has 2 aromatic carbocycles. The van der Waals surface area contributed by atoms with Crippen molar-refractivity contribution in [2.75, 3.05) is 7.11 Å². The number of aliphatic carboxylic acids is 1. The highest BCUT2D eigenvalue weighted by molar-refractivity contribution is 6.35. The molecular formula is C21H23Cl2NO5. The molecule has 0 heterocycles. The van der Waals surface area contributed by atoms with E-state index in [1.54, 1.807) is 57.4 Å². The molecule has 29 heavy (non-hydrogen) atoms. The maximum absolute atomic E-state index is 11.4. The number of nitrogens with zero attached hydrogens (tertiary/aromatic N) is 1. The molecule has 0 aliphatic carbocycles. The number of carbonyl (C=O) groups is 1. The van der Waals surface area contributed by atoms with E-state index in [9.17, 15) is 9.90 Å². The average Bonchev–Trinajstić information content (AvgIpc) is 2.66. The van der Waals surface area contributed by atoms with E-state index in [-0.39, 0.29) is 19.1 Å². The van der Waals surface area contributed by atoms with Crippen LogP contribution in [0.25, 0.3) is 0 Å². The van der Waals surface area contributed by atoms with Crippen LogP contribution < -0.4 is 4.74 Å². The van der Waals surface area contributed by atoms with E-state index in [1.165, 1.54) is 6.21 Å². The second kappa shape index (κ2) is 11.0. The Morgan fingerprint density at radius 1 is 1.21 bits per heavy atom. The summed E-state index contributed by atoms with van der Waals surface area (Å²) in [7, 11) is 1.54. The first-order valence-corrected chi connectivity index (χ1v) is 9.70. The van der Waals surface area contributed by atoms with Crippen molar-refractivity contribution in [3.8, 4) is 5.75 Å². The van der Waals surface area contributed by atoms with Gasteiger partial charge >= 0.3 is 5.97 Å². The first kappa shape index (κ1) is 23.0. The zero-order chi connectivity index (χ0) is 21.4. The average molecular weight is 440 g/mol. The molecule has 0 spiro atoms. The van der Waals surface area contributed by atoms with E-state index in [0.29, 0.717) is 21.4 Å². The first-order valence-electron chi connectivity index (χ1n) is 8.94. The summed E-state index contributed by atoms with van der Waals surface area (Å²) in [6, 6.07) is 10.5. The third kappa shape index (κ3) is 7.24. The van der Waals surface area contributed by atoms with Crippen molar-refractivity contribution >= 4 is 35.4 Å². The highest BCUT2D eigenvalue weighted by atomic mass is 35.5. The number of rotatable bonds is 10. The summed E-state index contributed by atoms with van der Waals surface area (Å²) < 4.78 is 10.8. The summed E-state index contributed by atoms with van der Waals surface area (Å²) in [5, 5.41) is 14.4. The second-order valence-electron chi connectivity index (χ2n) is 6.54. The lowest BCUT2D eigenvalue weighted by Crippen LogP contribution is -2.29. The van der Waals surface area contributed by atoms with Gasteiger partial charge in [0, 0.05) is 27.6 Å². The number of benzene rings is 2. The van der Waals surface area contributed by atoms with Crippen molar-refractivity contribution < 1.29 is 24.2 Å². The van der Waals surface area contributed by atoms with Gasteiger partial charge < -0.3 is 19.4 Å². The molecular weight excluding hydrogens is 417 g/mol. The number of carboxylic acid groups (broad SMARTS) is 1. The maximum atomic E-state index is 11.4. The molecule has 0 saturated heterocycles. The molecule has 0 bridgehead atoms. The monoisotopic (exact) mass is 439 g/mol. The fraction of sp³-hybridized carbons (Fsp3) is 0.333. The van der Waals surface area contributed by atoms with Crippen LogP contribution in [-0.2, 0) is 27.4 Å². The molecule has 0 fully saturated rings. The number of methoxy groups -OCH3 is 1. The molecule has 0 radical (unpaired) electrons. The molecule has 0 saturated carbocycles. The van der Waals surface area contributed by atoms with Crippen molar-refractivity contribution in [1.82, 2.24) is 0 Å². The maximum Gasteiger partial charge on any atom is 0.333 e. The van der Waals surface area contributed by atoms with E-state index in [0.717, 1.165) is 11.1 Å². The molecule has 1 N–H and O–H groups in total. The summed E-state index contributed by atoms with van der Waals surface area (Å²) in [4.78, 5) is 16.7. The van der Waals surface area contributed by atoms with Gasteiger partial charge in [0.1, 0.15) is 12.4 Å². The summed E-state index contributed by atoms with van der Waals surface area (Å²) in [5.41, 5.74) is 2.19. The third-order valence-electron chi connectivity index (χ3n) is 3.93. The van der Waals surface area contributed by atoms with E-state index >= 15 is 0 Å². The molecule has 1 unspecified atom stereocenters. The van der Waals surface area contributed by atoms with Crippen LogP contribution >= 0.6 is 23.2 Å². The van der Waals surface area contributed by atoms with Gasteiger partial charge in [0.05, 0.1) is 19.4 Å². The number of oxime groups is 1. The summed E-state index contributed by atoms with van der Waals surface area (Å²) in [6.45, 7) is 3.77. The van der Waals surface area contributed by atoms with Gasteiger partial charge in [-0.1, -0.05) is 40.5 Å². The van der Waals surface area contributed by atoms with E-state index in [4.69, 9.17) is 37.5 Å². The predicted molar refractivity (Wildman–Crippen MR) is 113 cm³/mol. The van der Waals surface area contributed by atoms with Crippen LogP contribution in [0.3, 0.4) is 0 Å². The van der Waals surface area contributed by atoms with Gasteiger partial charge in [-0.15, -0.1) is 0 Å². The predicted octanol–water partition coefficient (Wildman–Crippen LogP) is 4.97. The van der Waals surface area contributed by atoms with E-state index < -0.39 is 12.1 Å². The molecule has 6 nitrogen and oxygen atoms in total. The van der Waals surface area contributed by atoms with Crippen molar-refractivity contribution in [2.24, 2.45) is 5.16 Å². The van der Waals surface area contributed by atoms with Gasteiger partial charge in [-0.05, 0) is 43.7 Å². The van der Waals surface area contributed by atoms with E-state index in [2.05, 4.69) is 5.16 Å². The Labute approximate surface area is 180 Å². The van der Waals surface area contributed by atoms with E-state index in [1.807, 2.05) is 0 Å². The molecule has 0 aliphatic rings. The van der Waals surface area contributed by atoms with Gasteiger partial charge in [-0.3, -0.25) is 0 Å². The molecule has 1 atom stereocenters. The Bertz CT molecular complexity index is 870. The Morgan fingerprint density at radius 3 is 2.59 bits per heavy atom. The molecule has 0 aromatic heterocycles. The van der Waals surface area contributed by atoms with Crippen molar-refractivity contribution in [3.05, 3.63) is 63.1 Å². The van der Waals surface area contributed by atoms with Crippen LogP contribution in [0.2, 0.25) is 10.0 Å². The molecule has 0 aliphatic heterocycles. The number of hydrogen-bond donors (Lipinski definition) is 1. The van der Waals surface area contributed by atoms with Crippen molar-refractivity contribution in [3.63, 3.8) is 0 Å². The Hall–Kier alpha value is -2.28. The number of ether oxygens (including phenoxy) is 2. The summed E-state index contributed by atoms with van der Waals surface area (Å²) in [6.07, 6.45) is 0.602. The van der Waals surface area contributed by atoms with Crippen LogP contribution in [0.5, 0.6) is 5.75 Å². The number of hydrogen-bond acceptors (Lipinski definition) is 5. The highest BCUT2D eigenvalue weighted by Gasteiger charge is 2.20. The number of halogens is 2. The zero-order valence-corrected chi connectivity index (χ0v) is 17.9. The van der Waals surface area contributed by atoms with Gasteiger partial charge in [-0.2, -0.15) is 0 Å². The lowest BCUT2D eigenvalue weighted by Gasteiger charge is -2.17. The van der Waals surface area contributed by atoms with Crippen LogP contribution in [0, 0.1) is 0 Å². The molecule has 156 valence electrons. The smallest absolute Gasteiger partial charge is 0.333 e. The molecule has 8 heteroatoms. The molecule has 2 aromatic rings. The number of carboxylic acids is 1. The van der Waals surface area contributed by atoms with Crippen LogP contribution in [0.1, 0.15) is 30.5 Å².